The summed E-state index contributed by atoms with van der Waals surface area (Å²) in [6.07, 6.45) is 4.28. The number of aliphatic carboxylic acids is 1. The molecule has 0 saturated carbocycles. The third-order valence-electron chi connectivity index (χ3n) is 9.81. The van der Waals surface area contributed by atoms with Gasteiger partial charge in [-0.2, -0.15) is 0 Å². The maximum atomic E-state index is 14.5. The van der Waals surface area contributed by atoms with Gasteiger partial charge in [-0.25, -0.2) is 4.39 Å². The molecule has 3 heterocycles. The number of amides is 1. The van der Waals surface area contributed by atoms with E-state index in [1.807, 2.05) is 30.9 Å². The molecule has 3 aliphatic rings. The van der Waals surface area contributed by atoms with E-state index in [0.29, 0.717) is 44.0 Å². The van der Waals surface area contributed by atoms with Gasteiger partial charge in [0, 0.05) is 42.1 Å². The van der Waals surface area contributed by atoms with Crippen LogP contribution in [0.25, 0.3) is 0 Å². The second kappa shape index (κ2) is 14.2. The molecule has 1 amide bonds. The van der Waals surface area contributed by atoms with E-state index in [2.05, 4.69) is 24.8 Å². The Morgan fingerprint density at radius 3 is 2.42 bits per heavy atom. The van der Waals surface area contributed by atoms with Crippen molar-refractivity contribution in [3.63, 3.8) is 0 Å². The molecule has 0 spiro atoms. The zero-order valence-corrected chi connectivity index (χ0v) is 27.4. The van der Waals surface area contributed by atoms with Crippen molar-refractivity contribution < 1.29 is 33.3 Å². The van der Waals surface area contributed by atoms with E-state index >= 15 is 0 Å². The molecule has 5 rings (SSSR count). The highest BCUT2D eigenvalue weighted by Gasteiger charge is 2.51. The minimum atomic E-state index is -0.874. The average molecular weight is 625 g/mol. The summed E-state index contributed by atoms with van der Waals surface area (Å²) in [7, 11) is 0. The van der Waals surface area contributed by atoms with Crippen molar-refractivity contribution in [2.24, 2.45) is 11.3 Å². The standard InChI is InChI=1S/C36H49FN2O6/c1-6-8-26(9-7-2)39(27-11-12-29(37)23(3)18-27)32(40)22-38-21-28(24-10-13-31-25(19-24)14-15-43-31)33(34(41)42)30(38)20-36(4,5)35-44-16-17-45-35/h10-13,18-19,26,28,30,33,35H,6-9,14-17,20-22H2,1-5H3,(H,41,42). The Kier molecular flexibility index (Phi) is 10.5. The Bertz CT molecular complexity index is 1350. The smallest absolute Gasteiger partial charge is 0.308 e. The number of carbonyl (C=O) groups excluding carboxylic acids is 1. The summed E-state index contributed by atoms with van der Waals surface area (Å²) in [4.78, 5) is 31.6. The minimum Gasteiger partial charge on any atom is -0.493 e. The van der Waals surface area contributed by atoms with Crippen molar-refractivity contribution in [2.75, 3.05) is 37.8 Å². The lowest BCUT2D eigenvalue weighted by Gasteiger charge is -2.38. The van der Waals surface area contributed by atoms with Crippen LogP contribution in [0.15, 0.2) is 36.4 Å². The lowest BCUT2D eigenvalue weighted by molar-refractivity contribution is -0.147. The van der Waals surface area contributed by atoms with Crippen LogP contribution < -0.4 is 9.64 Å². The van der Waals surface area contributed by atoms with E-state index in [-0.39, 0.29) is 30.2 Å². The number of benzene rings is 2. The average Bonchev–Trinajstić information content (AvgIpc) is 3.76. The molecule has 9 heteroatoms. The van der Waals surface area contributed by atoms with Gasteiger partial charge < -0.3 is 24.2 Å². The van der Waals surface area contributed by atoms with Crippen LogP contribution >= 0.6 is 0 Å². The summed E-state index contributed by atoms with van der Waals surface area (Å²) < 4.78 is 31.9. The first kappa shape index (κ1) is 33.4. The molecule has 0 radical (unpaired) electrons. The highest BCUT2D eigenvalue weighted by Crippen LogP contribution is 2.45. The summed E-state index contributed by atoms with van der Waals surface area (Å²) in [6, 6.07) is 10.4. The van der Waals surface area contributed by atoms with Crippen molar-refractivity contribution in [2.45, 2.75) is 97.4 Å². The molecule has 3 aliphatic heterocycles. The van der Waals surface area contributed by atoms with Gasteiger partial charge in [-0.15, -0.1) is 0 Å². The quantitative estimate of drug-likeness (QED) is 0.279. The molecule has 246 valence electrons. The van der Waals surface area contributed by atoms with Gasteiger partial charge >= 0.3 is 5.97 Å². The predicted octanol–water partition coefficient (Wildman–Crippen LogP) is 6.33. The topological polar surface area (TPSA) is 88.5 Å². The van der Waals surface area contributed by atoms with Crippen molar-refractivity contribution in [1.29, 1.82) is 0 Å². The van der Waals surface area contributed by atoms with Crippen LogP contribution in [-0.4, -0.2) is 73.2 Å². The van der Waals surface area contributed by atoms with Crippen molar-refractivity contribution >= 4 is 17.6 Å². The van der Waals surface area contributed by atoms with E-state index in [4.69, 9.17) is 14.2 Å². The van der Waals surface area contributed by atoms with Crippen LogP contribution in [0.4, 0.5) is 10.1 Å². The van der Waals surface area contributed by atoms with Gasteiger partial charge in [0.2, 0.25) is 5.91 Å². The van der Waals surface area contributed by atoms with Crippen LogP contribution in [0.5, 0.6) is 5.75 Å². The Morgan fingerprint density at radius 2 is 1.78 bits per heavy atom. The third-order valence-corrected chi connectivity index (χ3v) is 9.81. The fraction of sp³-hybridized carbons (Fsp3) is 0.611. The van der Waals surface area contributed by atoms with Crippen LogP contribution in [-0.2, 0) is 25.5 Å². The van der Waals surface area contributed by atoms with Gasteiger partial charge in [0.1, 0.15) is 11.6 Å². The number of fused-ring (bicyclic) bond motifs is 1. The van der Waals surface area contributed by atoms with Crippen molar-refractivity contribution in [3.8, 4) is 5.75 Å². The van der Waals surface area contributed by atoms with Crippen LogP contribution in [0.3, 0.4) is 0 Å². The molecule has 1 N–H and O–H groups in total. The van der Waals surface area contributed by atoms with E-state index in [9.17, 15) is 19.1 Å². The molecule has 2 aromatic rings. The van der Waals surface area contributed by atoms with Gasteiger partial charge in [0.25, 0.3) is 0 Å². The largest absolute Gasteiger partial charge is 0.493 e. The second-order valence-corrected chi connectivity index (χ2v) is 13.6. The fourth-order valence-corrected chi connectivity index (χ4v) is 7.62. The molecule has 2 fully saturated rings. The Balaban J connectivity index is 1.51. The maximum Gasteiger partial charge on any atom is 0.308 e. The third kappa shape index (κ3) is 7.21. The Morgan fingerprint density at radius 1 is 1.07 bits per heavy atom. The summed E-state index contributed by atoms with van der Waals surface area (Å²) in [5, 5.41) is 10.8. The zero-order valence-electron chi connectivity index (χ0n) is 27.4. The summed E-state index contributed by atoms with van der Waals surface area (Å²) in [5.74, 6) is -1.47. The minimum absolute atomic E-state index is 0.0436. The Hall–Kier alpha value is -3.01. The molecule has 0 aliphatic carbocycles. The van der Waals surface area contributed by atoms with E-state index in [1.54, 1.807) is 19.1 Å². The number of anilines is 1. The van der Waals surface area contributed by atoms with Crippen molar-refractivity contribution in [3.05, 3.63) is 58.9 Å². The fourth-order valence-electron chi connectivity index (χ4n) is 7.62. The van der Waals surface area contributed by atoms with Crippen LogP contribution in [0.2, 0.25) is 0 Å². The van der Waals surface area contributed by atoms with Gasteiger partial charge in [0.05, 0.1) is 32.3 Å². The maximum absolute atomic E-state index is 14.5. The van der Waals surface area contributed by atoms with E-state index in [0.717, 1.165) is 49.0 Å². The highest BCUT2D eigenvalue weighted by molar-refractivity contribution is 5.95. The molecule has 3 unspecified atom stereocenters. The predicted molar refractivity (Wildman–Crippen MR) is 171 cm³/mol. The first-order valence-electron chi connectivity index (χ1n) is 16.6. The second-order valence-electron chi connectivity index (χ2n) is 13.6. The normalized spacial score (nSPS) is 22.2. The zero-order chi connectivity index (χ0) is 32.3. The number of halogens is 1. The molecule has 2 aromatic carbocycles. The SMILES string of the molecule is CCCC(CCC)N(C(=O)CN1CC(c2ccc3c(c2)CCO3)C(C(=O)O)C1CC(C)(C)C1OCCO1)c1ccc(F)c(C)c1. The number of hydrogen-bond donors (Lipinski definition) is 1. The first-order valence-corrected chi connectivity index (χ1v) is 16.6. The number of hydrogen-bond acceptors (Lipinski definition) is 6. The van der Waals surface area contributed by atoms with Crippen LogP contribution in [0.1, 0.15) is 82.4 Å². The number of carboxylic acids is 1. The summed E-state index contributed by atoms with van der Waals surface area (Å²) >= 11 is 0. The number of likely N-dealkylation sites (tertiary alicyclic amines) is 1. The summed E-state index contributed by atoms with van der Waals surface area (Å²) in [6.45, 7) is 12.2. The number of ether oxygens (including phenoxy) is 3. The Labute approximate surface area is 266 Å². The molecule has 0 bridgehead atoms. The number of rotatable bonds is 13. The summed E-state index contributed by atoms with van der Waals surface area (Å²) in [5.41, 5.74) is 2.73. The molecule has 3 atom stereocenters. The molecular formula is C36H49FN2O6. The number of aryl methyl sites for hydroxylation is 1. The van der Waals surface area contributed by atoms with Gasteiger partial charge in [-0.3, -0.25) is 14.5 Å². The number of nitrogens with zero attached hydrogens (tertiary/aromatic N) is 2. The molecular weight excluding hydrogens is 575 g/mol. The first-order chi connectivity index (χ1) is 21.5. The number of carbonyl (C=O) groups is 2. The molecule has 2 saturated heterocycles. The van der Waals surface area contributed by atoms with E-state index < -0.39 is 29.6 Å². The highest BCUT2D eigenvalue weighted by atomic mass is 19.1. The van der Waals surface area contributed by atoms with Gasteiger partial charge in [0.15, 0.2) is 6.29 Å². The lowest BCUT2D eigenvalue weighted by atomic mass is 9.77. The van der Waals surface area contributed by atoms with Gasteiger partial charge in [-0.05, 0) is 67.1 Å². The van der Waals surface area contributed by atoms with E-state index in [1.165, 1.54) is 6.07 Å². The van der Waals surface area contributed by atoms with Crippen LogP contribution in [0, 0.1) is 24.1 Å². The molecule has 0 aromatic heterocycles. The van der Waals surface area contributed by atoms with Crippen molar-refractivity contribution in [1.82, 2.24) is 4.90 Å². The molecule has 8 nitrogen and oxygen atoms in total. The number of carboxylic acid groups (broad SMARTS) is 1. The van der Waals surface area contributed by atoms with Gasteiger partial charge in [-0.1, -0.05) is 52.7 Å². The monoisotopic (exact) mass is 624 g/mol. The molecule has 45 heavy (non-hydrogen) atoms. The lowest BCUT2D eigenvalue weighted by Crippen LogP contribution is -2.49.